The van der Waals surface area contributed by atoms with E-state index in [9.17, 15) is 5.11 Å². The van der Waals surface area contributed by atoms with Gasteiger partial charge in [0.15, 0.2) is 11.9 Å². The van der Waals surface area contributed by atoms with Crippen LogP contribution in [0.2, 0.25) is 0 Å². The second-order valence-electron chi connectivity index (χ2n) is 3.40. The number of rotatable bonds is 2. The molecule has 15 heavy (non-hydrogen) atoms. The van der Waals surface area contributed by atoms with Gasteiger partial charge in [-0.15, -0.1) is 0 Å². The molecule has 1 atom stereocenters. The highest BCUT2D eigenvalue weighted by Gasteiger charge is 2.16. The van der Waals surface area contributed by atoms with Crippen molar-refractivity contribution in [3.63, 3.8) is 0 Å². The summed E-state index contributed by atoms with van der Waals surface area (Å²) in [5, 5.41) is 13.9. The summed E-state index contributed by atoms with van der Waals surface area (Å²) < 4.78 is 1.61. The van der Waals surface area contributed by atoms with Crippen LogP contribution in [0.1, 0.15) is 23.2 Å². The molecule has 2 aromatic rings. The fraction of sp³-hybridized carbons (Fsp3) is 0.300. The zero-order valence-electron chi connectivity index (χ0n) is 8.62. The monoisotopic (exact) mass is 204 g/mol. The van der Waals surface area contributed by atoms with Gasteiger partial charge < -0.3 is 5.11 Å². The van der Waals surface area contributed by atoms with Gasteiger partial charge in [-0.3, -0.25) is 4.68 Å². The highest BCUT2D eigenvalue weighted by molar-refractivity contribution is 5.14. The van der Waals surface area contributed by atoms with Crippen LogP contribution >= 0.6 is 0 Å². The lowest BCUT2D eigenvalue weighted by Gasteiger charge is -2.09. The molecule has 0 spiro atoms. The van der Waals surface area contributed by atoms with E-state index < -0.39 is 6.10 Å². The van der Waals surface area contributed by atoms with Gasteiger partial charge in [-0.1, -0.05) is 0 Å². The van der Waals surface area contributed by atoms with E-state index in [1.807, 2.05) is 6.92 Å². The zero-order valence-corrected chi connectivity index (χ0v) is 8.62. The lowest BCUT2D eigenvalue weighted by Crippen LogP contribution is -2.09. The van der Waals surface area contributed by atoms with Crippen molar-refractivity contribution >= 4 is 0 Å². The minimum absolute atomic E-state index is 0.393. The van der Waals surface area contributed by atoms with Crippen molar-refractivity contribution in [3.8, 4) is 0 Å². The number of aliphatic hydroxyl groups excluding tert-OH is 1. The molecule has 0 radical (unpaired) electrons. The quantitative estimate of drug-likeness (QED) is 0.778. The molecule has 1 N–H and O–H groups in total. The van der Waals surface area contributed by atoms with Gasteiger partial charge in [-0.2, -0.15) is 5.10 Å². The summed E-state index contributed by atoms with van der Waals surface area (Å²) in [5.74, 6) is 0.393. The van der Waals surface area contributed by atoms with E-state index in [4.69, 9.17) is 0 Å². The number of nitrogens with zero attached hydrogens (tertiary/aromatic N) is 4. The maximum Gasteiger partial charge on any atom is 0.163 e. The lowest BCUT2D eigenvalue weighted by molar-refractivity contribution is 0.199. The van der Waals surface area contributed by atoms with E-state index in [-0.39, 0.29) is 0 Å². The molecular weight excluding hydrogens is 192 g/mol. The summed E-state index contributed by atoms with van der Waals surface area (Å²) in [4.78, 5) is 8.15. The first kappa shape index (κ1) is 9.79. The Morgan fingerprint density at radius 3 is 2.53 bits per heavy atom. The number of aryl methyl sites for hydroxylation is 2. The van der Waals surface area contributed by atoms with Crippen LogP contribution < -0.4 is 0 Å². The van der Waals surface area contributed by atoms with E-state index >= 15 is 0 Å². The first-order chi connectivity index (χ1) is 7.18. The first-order valence-electron chi connectivity index (χ1n) is 4.63. The second kappa shape index (κ2) is 3.78. The Balaban J connectivity index is 2.32. The molecule has 2 rings (SSSR count). The third-order valence-corrected chi connectivity index (χ3v) is 2.18. The third kappa shape index (κ3) is 1.87. The Labute approximate surface area is 87.4 Å². The third-order valence-electron chi connectivity index (χ3n) is 2.18. The van der Waals surface area contributed by atoms with Crippen LogP contribution in [-0.4, -0.2) is 24.9 Å². The minimum Gasteiger partial charge on any atom is -0.379 e. The molecule has 78 valence electrons. The summed E-state index contributed by atoms with van der Waals surface area (Å²) in [5.41, 5.74) is 1.65. The Bertz CT molecular complexity index is 449. The van der Waals surface area contributed by atoms with Gasteiger partial charge in [0.25, 0.3) is 0 Å². The van der Waals surface area contributed by atoms with E-state index in [0.717, 1.165) is 5.56 Å². The van der Waals surface area contributed by atoms with Gasteiger partial charge in [0.05, 0.1) is 5.69 Å². The molecule has 1 unspecified atom stereocenters. The van der Waals surface area contributed by atoms with Gasteiger partial charge in [0.2, 0.25) is 0 Å². The predicted octanol–water partition coefficient (Wildman–Crippen LogP) is 0.600. The van der Waals surface area contributed by atoms with Gasteiger partial charge in [0.1, 0.15) is 0 Å². The molecule has 2 heterocycles. The maximum absolute atomic E-state index is 9.97. The van der Waals surface area contributed by atoms with Crippen LogP contribution in [0.25, 0.3) is 0 Å². The van der Waals surface area contributed by atoms with Crippen molar-refractivity contribution in [2.24, 2.45) is 7.05 Å². The summed E-state index contributed by atoms with van der Waals surface area (Å²) in [6.07, 6.45) is 4.18. The maximum atomic E-state index is 9.97. The second-order valence-corrected chi connectivity index (χ2v) is 3.40. The van der Waals surface area contributed by atoms with Gasteiger partial charge in [0, 0.05) is 25.6 Å². The molecule has 2 aromatic heterocycles. The predicted molar refractivity (Wildman–Crippen MR) is 54.0 cm³/mol. The average molecular weight is 204 g/mol. The number of hydrogen-bond donors (Lipinski definition) is 1. The SMILES string of the molecule is Cc1cnc(C(O)c2ccnn2C)nc1. The van der Waals surface area contributed by atoms with Crippen molar-refractivity contribution in [2.75, 3.05) is 0 Å². The average Bonchev–Trinajstić information content (AvgIpc) is 2.65. The van der Waals surface area contributed by atoms with Crippen LogP contribution in [-0.2, 0) is 7.05 Å². The fourth-order valence-corrected chi connectivity index (χ4v) is 1.33. The molecule has 0 saturated carbocycles. The standard InChI is InChI=1S/C10H12N4O/c1-7-5-11-10(12-6-7)9(15)8-3-4-13-14(8)2/h3-6,9,15H,1-2H3. The van der Waals surface area contributed by atoms with Gasteiger partial charge in [-0.05, 0) is 18.6 Å². The van der Waals surface area contributed by atoms with Crippen molar-refractivity contribution in [3.05, 3.63) is 41.7 Å². The van der Waals surface area contributed by atoms with Crippen LogP contribution in [0.15, 0.2) is 24.7 Å². The van der Waals surface area contributed by atoms with Crippen LogP contribution in [0.5, 0.6) is 0 Å². The number of aliphatic hydroxyl groups is 1. The molecule has 0 aliphatic carbocycles. The summed E-state index contributed by atoms with van der Waals surface area (Å²) >= 11 is 0. The number of hydrogen-bond acceptors (Lipinski definition) is 4. The first-order valence-corrected chi connectivity index (χ1v) is 4.63. The topological polar surface area (TPSA) is 63.8 Å². The molecule has 0 aliphatic rings. The summed E-state index contributed by atoms with van der Waals surface area (Å²) in [6.45, 7) is 1.90. The molecule has 5 heteroatoms. The van der Waals surface area contributed by atoms with Gasteiger partial charge in [-0.25, -0.2) is 9.97 Å². The lowest BCUT2D eigenvalue weighted by atomic mass is 10.2. The molecular formula is C10H12N4O. The van der Waals surface area contributed by atoms with Crippen LogP contribution in [0.3, 0.4) is 0 Å². The molecule has 0 aliphatic heterocycles. The van der Waals surface area contributed by atoms with Crippen molar-refractivity contribution in [1.29, 1.82) is 0 Å². The zero-order chi connectivity index (χ0) is 10.8. The minimum atomic E-state index is -0.821. The van der Waals surface area contributed by atoms with E-state index in [1.54, 1.807) is 36.4 Å². The smallest absolute Gasteiger partial charge is 0.163 e. The summed E-state index contributed by atoms with van der Waals surface area (Å²) in [7, 11) is 1.77. The Kier molecular flexibility index (Phi) is 2.47. The van der Waals surface area contributed by atoms with Crippen molar-refractivity contribution in [2.45, 2.75) is 13.0 Å². The summed E-state index contributed by atoms with van der Waals surface area (Å²) in [6, 6.07) is 1.74. The molecule has 5 nitrogen and oxygen atoms in total. The van der Waals surface area contributed by atoms with E-state index in [1.165, 1.54) is 0 Å². The van der Waals surface area contributed by atoms with Crippen LogP contribution in [0.4, 0.5) is 0 Å². The molecule has 0 saturated heterocycles. The van der Waals surface area contributed by atoms with E-state index in [2.05, 4.69) is 15.1 Å². The largest absolute Gasteiger partial charge is 0.379 e. The molecule has 0 bridgehead atoms. The van der Waals surface area contributed by atoms with Crippen molar-refractivity contribution < 1.29 is 5.11 Å². The van der Waals surface area contributed by atoms with Gasteiger partial charge >= 0.3 is 0 Å². The Morgan fingerprint density at radius 1 is 1.33 bits per heavy atom. The molecule has 0 aromatic carbocycles. The Morgan fingerprint density at radius 2 is 2.00 bits per heavy atom. The fourth-order valence-electron chi connectivity index (χ4n) is 1.33. The number of aromatic nitrogens is 4. The molecule has 0 fully saturated rings. The molecule has 0 amide bonds. The van der Waals surface area contributed by atoms with Crippen LogP contribution in [0, 0.1) is 6.92 Å². The highest BCUT2D eigenvalue weighted by atomic mass is 16.3. The Hall–Kier alpha value is -1.75. The van der Waals surface area contributed by atoms with Crippen molar-refractivity contribution in [1.82, 2.24) is 19.7 Å². The highest BCUT2D eigenvalue weighted by Crippen LogP contribution is 2.16. The normalized spacial score (nSPS) is 12.7. The van der Waals surface area contributed by atoms with E-state index in [0.29, 0.717) is 11.5 Å².